The SMILES string of the molecule is COC(=O)CNC(=O)c1cn(C)c2ccccc12. The second-order valence-corrected chi connectivity index (χ2v) is 3.93. The van der Waals surface area contributed by atoms with Crippen molar-refractivity contribution in [1.82, 2.24) is 9.88 Å². The third kappa shape index (κ3) is 2.20. The van der Waals surface area contributed by atoms with Gasteiger partial charge >= 0.3 is 5.97 Å². The average molecular weight is 246 g/mol. The summed E-state index contributed by atoms with van der Waals surface area (Å²) in [6.07, 6.45) is 1.75. The van der Waals surface area contributed by atoms with Crippen LogP contribution >= 0.6 is 0 Å². The normalized spacial score (nSPS) is 10.3. The van der Waals surface area contributed by atoms with E-state index in [4.69, 9.17) is 0 Å². The summed E-state index contributed by atoms with van der Waals surface area (Å²) >= 11 is 0. The van der Waals surface area contributed by atoms with Crippen LogP contribution in [0.25, 0.3) is 10.9 Å². The van der Waals surface area contributed by atoms with Crippen molar-refractivity contribution >= 4 is 22.8 Å². The highest BCUT2D eigenvalue weighted by Gasteiger charge is 2.14. The third-order valence-corrected chi connectivity index (χ3v) is 2.76. The van der Waals surface area contributed by atoms with Gasteiger partial charge < -0.3 is 14.6 Å². The quantitative estimate of drug-likeness (QED) is 0.824. The number of aromatic nitrogens is 1. The van der Waals surface area contributed by atoms with E-state index in [-0.39, 0.29) is 12.5 Å². The lowest BCUT2D eigenvalue weighted by Crippen LogP contribution is -2.29. The number of aryl methyl sites for hydroxylation is 1. The number of para-hydroxylation sites is 1. The molecule has 0 aliphatic carbocycles. The molecule has 1 heterocycles. The summed E-state index contributed by atoms with van der Waals surface area (Å²) in [7, 11) is 3.16. The number of nitrogens with zero attached hydrogens (tertiary/aromatic N) is 1. The van der Waals surface area contributed by atoms with Crippen LogP contribution in [-0.2, 0) is 16.6 Å². The number of hydrogen-bond acceptors (Lipinski definition) is 3. The number of methoxy groups -OCH3 is 1. The minimum atomic E-state index is -0.469. The Kier molecular flexibility index (Phi) is 3.32. The molecular formula is C13H14N2O3. The van der Waals surface area contributed by atoms with Crippen molar-refractivity contribution in [2.75, 3.05) is 13.7 Å². The van der Waals surface area contributed by atoms with E-state index in [2.05, 4.69) is 10.1 Å². The first-order chi connectivity index (χ1) is 8.63. The van der Waals surface area contributed by atoms with Crippen LogP contribution in [0.15, 0.2) is 30.5 Å². The van der Waals surface area contributed by atoms with Gasteiger partial charge in [-0.25, -0.2) is 0 Å². The molecule has 1 amide bonds. The summed E-state index contributed by atoms with van der Waals surface area (Å²) in [5, 5.41) is 3.39. The molecule has 0 radical (unpaired) electrons. The number of amides is 1. The smallest absolute Gasteiger partial charge is 0.325 e. The lowest BCUT2D eigenvalue weighted by atomic mass is 10.1. The minimum Gasteiger partial charge on any atom is -0.468 e. The zero-order valence-corrected chi connectivity index (χ0v) is 10.3. The van der Waals surface area contributed by atoms with Gasteiger partial charge in [-0.15, -0.1) is 0 Å². The molecule has 0 aliphatic rings. The Morgan fingerprint density at radius 1 is 1.33 bits per heavy atom. The van der Waals surface area contributed by atoms with Gasteiger partial charge in [-0.1, -0.05) is 18.2 Å². The fraction of sp³-hybridized carbons (Fsp3) is 0.231. The lowest BCUT2D eigenvalue weighted by Gasteiger charge is -2.02. The first-order valence-corrected chi connectivity index (χ1v) is 5.52. The van der Waals surface area contributed by atoms with E-state index >= 15 is 0 Å². The number of nitrogens with one attached hydrogen (secondary N) is 1. The molecule has 2 aromatic rings. The molecule has 94 valence electrons. The number of esters is 1. The molecule has 0 saturated heterocycles. The summed E-state index contributed by atoms with van der Waals surface area (Å²) < 4.78 is 6.35. The monoisotopic (exact) mass is 246 g/mol. The molecule has 2 rings (SSSR count). The molecule has 0 aliphatic heterocycles. The zero-order chi connectivity index (χ0) is 13.1. The Bertz CT molecular complexity index is 601. The minimum absolute atomic E-state index is 0.126. The van der Waals surface area contributed by atoms with Crippen LogP contribution in [0.5, 0.6) is 0 Å². The summed E-state index contributed by atoms with van der Waals surface area (Å²) in [5.74, 6) is -0.749. The van der Waals surface area contributed by atoms with Crippen molar-refractivity contribution in [3.05, 3.63) is 36.0 Å². The molecule has 18 heavy (non-hydrogen) atoms. The van der Waals surface area contributed by atoms with E-state index < -0.39 is 5.97 Å². The summed E-state index contributed by atoms with van der Waals surface area (Å²) in [4.78, 5) is 22.9. The standard InChI is InChI=1S/C13H14N2O3/c1-15-8-10(9-5-3-4-6-11(9)15)13(17)14-7-12(16)18-2/h3-6,8H,7H2,1-2H3,(H,14,17). The highest BCUT2D eigenvalue weighted by atomic mass is 16.5. The number of carbonyl (C=O) groups excluding carboxylic acids is 2. The lowest BCUT2D eigenvalue weighted by molar-refractivity contribution is -0.139. The number of ether oxygens (including phenoxy) is 1. The fourth-order valence-electron chi connectivity index (χ4n) is 1.84. The molecule has 0 bridgehead atoms. The molecule has 0 spiro atoms. The Hall–Kier alpha value is -2.30. The number of benzene rings is 1. The highest BCUT2D eigenvalue weighted by molar-refractivity contribution is 6.07. The number of hydrogen-bond donors (Lipinski definition) is 1. The van der Waals surface area contributed by atoms with E-state index in [1.807, 2.05) is 35.9 Å². The molecule has 0 fully saturated rings. The molecule has 1 aromatic carbocycles. The van der Waals surface area contributed by atoms with Gasteiger partial charge in [-0.05, 0) is 6.07 Å². The molecule has 0 saturated carbocycles. The van der Waals surface area contributed by atoms with Crippen molar-refractivity contribution in [2.24, 2.45) is 7.05 Å². The maximum atomic E-state index is 12.0. The highest BCUT2D eigenvalue weighted by Crippen LogP contribution is 2.19. The zero-order valence-electron chi connectivity index (χ0n) is 10.3. The van der Waals surface area contributed by atoms with Crippen molar-refractivity contribution in [2.45, 2.75) is 0 Å². The second kappa shape index (κ2) is 4.91. The van der Waals surface area contributed by atoms with E-state index in [0.717, 1.165) is 10.9 Å². The van der Waals surface area contributed by atoms with Crippen molar-refractivity contribution in [1.29, 1.82) is 0 Å². The number of fused-ring (bicyclic) bond motifs is 1. The predicted molar refractivity (Wildman–Crippen MR) is 67.3 cm³/mol. The molecule has 5 heteroatoms. The number of carbonyl (C=O) groups is 2. The van der Waals surface area contributed by atoms with Crippen LogP contribution in [-0.4, -0.2) is 30.1 Å². The van der Waals surface area contributed by atoms with Gasteiger partial charge in [-0.3, -0.25) is 9.59 Å². The Labute approximate surface area is 104 Å². The van der Waals surface area contributed by atoms with Crippen LogP contribution in [0.2, 0.25) is 0 Å². The fourth-order valence-corrected chi connectivity index (χ4v) is 1.84. The van der Waals surface area contributed by atoms with Gasteiger partial charge in [0.15, 0.2) is 0 Å². The van der Waals surface area contributed by atoms with E-state index in [1.165, 1.54) is 7.11 Å². The predicted octanol–water partition coefficient (Wildman–Crippen LogP) is 1.08. The van der Waals surface area contributed by atoms with Gasteiger partial charge in [0.2, 0.25) is 0 Å². The van der Waals surface area contributed by atoms with Gasteiger partial charge in [0.05, 0.1) is 12.7 Å². The first-order valence-electron chi connectivity index (χ1n) is 5.52. The van der Waals surface area contributed by atoms with Crippen molar-refractivity contribution in [3.8, 4) is 0 Å². The Morgan fingerprint density at radius 3 is 2.78 bits per heavy atom. The average Bonchev–Trinajstić information content (AvgIpc) is 2.74. The van der Waals surface area contributed by atoms with E-state index in [0.29, 0.717) is 5.56 Å². The molecule has 5 nitrogen and oxygen atoms in total. The van der Waals surface area contributed by atoms with Crippen LogP contribution in [0.3, 0.4) is 0 Å². The molecule has 1 aromatic heterocycles. The van der Waals surface area contributed by atoms with Crippen LogP contribution in [0.4, 0.5) is 0 Å². The summed E-state index contributed by atoms with van der Waals surface area (Å²) in [6, 6.07) is 7.60. The van der Waals surface area contributed by atoms with Crippen molar-refractivity contribution < 1.29 is 14.3 Å². The Morgan fingerprint density at radius 2 is 2.06 bits per heavy atom. The summed E-state index contributed by atoms with van der Waals surface area (Å²) in [5.41, 5.74) is 1.53. The van der Waals surface area contributed by atoms with E-state index in [1.54, 1.807) is 6.20 Å². The van der Waals surface area contributed by atoms with Crippen LogP contribution in [0, 0.1) is 0 Å². The summed E-state index contributed by atoms with van der Waals surface area (Å²) in [6.45, 7) is -0.126. The maximum absolute atomic E-state index is 12.0. The Balaban J connectivity index is 2.25. The first kappa shape index (κ1) is 12.2. The number of rotatable bonds is 3. The second-order valence-electron chi connectivity index (χ2n) is 3.93. The van der Waals surface area contributed by atoms with Gasteiger partial charge in [-0.2, -0.15) is 0 Å². The van der Waals surface area contributed by atoms with E-state index in [9.17, 15) is 9.59 Å². The van der Waals surface area contributed by atoms with Crippen molar-refractivity contribution in [3.63, 3.8) is 0 Å². The largest absolute Gasteiger partial charge is 0.468 e. The maximum Gasteiger partial charge on any atom is 0.325 e. The molecule has 0 unspecified atom stereocenters. The van der Waals surface area contributed by atoms with Gasteiger partial charge in [0.1, 0.15) is 6.54 Å². The van der Waals surface area contributed by atoms with Crippen LogP contribution < -0.4 is 5.32 Å². The van der Waals surface area contributed by atoms with Crippen LogP contribution in [0.1, 0.15) is 10.4 Å². The topological polar surface area (TPSA) is 60.3 Å². The van der Waals surface area contributed by atoms with Gasteiger partial charge in [0.25, 0.3) is 5.91 Å². The molecule has 0 atom stereocenters. The molecular weight excluding hydrogens is 232 g/mol. The molecule has 1 N–H and O–H groups in total. The van der Waals surface area contributed by atoms with Gasteiger partial charge in [0, 0.05) is 24.1 Å². The third-order valence-electron chi connectivity index (χ3n) is 2.76.